The second kappa shape index (κ2) is 7.28. The van der Waals surface area contributed by atoms with Gasteiger partial charge in [-0.2, -0.15) is 0 Å². The molecule has 1 fully saturated rings. The first-order valence-corrected chi connectivity index (χ1v) is 9.11. The van der Waals surface area contributed by atoms with Crippen molar-refractivity contribution in [2.24, 2.45) is 4.99 Å². The fourth-order valence-electron chi connectivity index (χ4n) is 3.38. The lowest BCUT2D eigenvalue weighted by molar-refractivity contribution is 0.450. The van der Waals surface area contributed by atoms with Crippen molar-refractivity contribution in [1.82, 2.24) is 14.8 Å². The number of nitrogens with zero attached hydrogens (tertiary/aromatic N) is 4. The number of aryl methyl sites for hydroxylation is 1. The van der Waals surface area contributed by atoms with Crippen LogP contribution in [0.15, 0.2) is 59.9 Å². The normalized spacial score (nSPS) is 16.5. The van der Waals surface area contributed by atoms with E-state index in [9.17, 15) is 0 Å². The SMILES string of the molecule is Clc1ccccc1CCCN1CCN2CC=C(c3ccncc3)N=C21. The van der Waals surface area contributed by atoms with Crippen LogP contribution in [0, 0.1) is 0 Å². The van der Waals surface area contributed by atoms with Gasteiger partial charge in [-0.15, -0.1) is 0 Å². The zero-order chi connectivity index (χ0) is 17.1. The van der Waals surface area contributed by atoms with Crippen LogP contribution in [0.2, 0.25) is 5.02 Å². The average Bonchev–Trinajstić information content (AvgIpc) is 3.06. The van der Waals surface area contributed by atoms with Crippen molar-refractivity contribution in [2.45, 2.75) is 12.8 Å². The smallest absolute Gasteiger partial charge is 0.202 e. The third-order valence-electron chi connectivity index (χ3n) is 4.74. The minimum absolute atomic E-state index is 0.864. The van der Waals surface area contributed by atoms with Crippen LogP contribution in [-0.2, 0) is 6.42 Å². The predicted molar refractivity (Wildman–Crippen MR) is 103 cm³/mol. The third-order valence-corrected chi connectivity index (χ3v) is 5.11. The first-order valence-electron chi connectivity index (χ1n) is 8.74. The highest BCUT2D eigenvalue weighted by molar-refractivity contribution is 6.31. The largest absolute Gasteiger partial charge is 0.341 e. The molecule has 0 bridgehead atoms. The van der Waals surface area contributed by atoms with Gasteiger partial charge in [-0.25, -0.2) is 4.99 Å². The number of hydrogen-bond donors (Lipinski definition) is 0. The van der Waals surface area contributed by atoms with Gasteiger partial charge in [0.1, 0.15) is 0 Å². The Morgan fingerprint density at radius 2 is 1.88 bits per heavy atom. The Balaban J connectivity index is 1.42. The molecule has 4 rings (SSSR count). The van der Waals surface area contributed by atoms with Crippen LogP contribution in [-0.4, -0.2) is 46.9 Å². The highest BCUT2D eigenvalue weighted by atomic mass is 35.5. The molecule has 2 aromatic rings. The Hall–Kier alpha value is -2.33. The number of rotatable bonds is 5. The number of pyridine rings is 1. The molecule has 0 aliphatic carbocycles. The molecule has 2 aliphatic rings. The maximum absolute atomic E-state index is 6.26. The minimum Gasteiger partial charge on any atom is -0.341 e. The van der Waals surface area contributed by atoms with Crippen LogP contribution < -0.4 is 0 Å². The van der Waals surface area contributed by atoms with Gasteiger partial charge >= 0.3 is 0 Å². The van der Waals surface area contributed by atoms with Gasteiger partial charge in [-0.1, -0.05) is 29.8 Å². The number of guanidine groups is 1. The number of halogens is 1. The zero-order valence-electron chi connectivity index (χ0n) is 14.1. The number of aliphatic imine (C=N–C) groups is 1. The molecule has 0 atom stereocenters. The molecule has 3 heterocycles. The fraction of sp³-hybridized carbons (Fsp3) is 0.300. The lowest BCUT2D eigenvalue weighted by Gasteiger charge is -2.26. The number of hydrogen-bond acceptors (Lipinski definition) is 4. The summed E-state index contributed by atoms with van der Waals surface area (Å²) in [5.41, 5.74) is 3.40. The molecule has 0 N–H and O–H groups in total. The molecule has 25 heavy (non-hydrogen) atoms. The van der Waals surface area contributed by atoms with Gasteiger partial charge in [-0.05, 0) is 42.7 Å². The van der Waals surface area contributed by atoms with Gasteiger partial charge in [-0.3, -0.25) is 4.98 Å². The van der Waals surface area contributed by atoms with Crippen molar-refractivity contribution in [2.75, 3.05) is 26.2 Å². The fourth-order valence-corrected chi connectivity index (χ4v) is 3.61. The van der Waals surface area contributed by atoms with E-state index < -0.39 is 0 Å². The van der Waals surface area contributed by atoms with E-state index in [0.717, 1.165) is 61.3 Å². The summed E-state index contributed by atoms with van der Waals surface area (Å²) in [6, 6.07) is 12.1. The summed E-state index contributed by atoms with van der Waals surface area (Å²) in [5.74, 6) is 1.11. The van der Waals surface area contributed by atoms with Crippen LogP contribution in [0.3, 0.4) is 0 Å². The molecular weight excluding hydrogens is 332 g/mol. The van der Waals surface area contributed by atoms with Crippen LogP contribution in [0.1, 0.15) is 17.5 Å². The molecule has 1 saturated heterocycles. The van der Waals surface area contributed by atoms with E-state index in [1.807, 2.05) is 36.7 Å². The van der Waals surface area contributed by atoms with Gasteiger partial charge in [0, 0.05) is 49.2 Å². The Morgan fingerprint density at radius 1 is 1.04 bits per heavy atom. The summed E-state index contributed by atoms with van der Waals surface area (Å²) in [7, 11) is 0. The Kier molecular flexibility index (Phi) is 4.70. The summed E-state index contributed by atoms with van der Waals surface area (Å²) < 4.78 is 0. The lowest BCUT2D eigenvalue weighted by Crippen LogP contribution is -2.36. The third kappa shape index (κ3) is 3.54. The van der Waals surface area contributed by atoms with Crippen LogP contribution in [0.25, 0.3) is 5.70 Å². The van der Waals surface area contributed by atoms with E-state index in [1.54, 1.807) is 0 Å². The van der Waals surface area contributed by atoms with Gasteiger partial charge in [0.15, 0.2) is 0 Å². The van der Waals surface area contributed by atoms with E-state index in [-0.39, 0.29) is 0 Å². The molecule has 2 aliphatic heterocycles. The molecule has 0 amide bonds. The monoisotopic (exact) mass is 352 g/mol. The van der Waals surface area contributed by atoms with Crippen LogP contribution >= 0.6 is 11.6 Å². The zero-order valence-corrected chi connectivity index (χ0v) is 14.9. The van der Waals surface area contributed by atoms with Crippen LogP contribution in [0.5, 0.6) is 0 Å². The first-order chi connectivity index (χ1) is 12.3. The summed E-state index contributed by atoms with van der Waals surface area (Å²) >= 11 is 6.26. The summed E-state index contributed by atoms with van der Waals surface area (Å²) in [4.78, 5) is 13.7. The van der Waals surface area contributed by atoms with Crippen molar-refractivity contribution in [1.29, 1.82) is 0 Å². The Labute approximate surface area is 153 Å². The van der Waals surface area contributed by atoms with Gasteiger partial charge < -0.3 is 9.80 Å². The number of aromatic nitrogens is 1. The maximum atomic E-state index is 6.26. The van der Waals surface area contributed by atoms with Gasteiger partial charge in [0.25, 0.3) is 0 Å². The number of benzene rings is 1. The summed E-state index contributed by atoms with van der Waals surface area (Å²) in [6.45, 7) is 4.02. The van der Waals surface area contributed by atoms with E-state index in [0.29, 0.717) is 0 Å². The predicted octanol–water partition coefficient (Wildman–Crippen LogP) is 3.70. The molecule has 0 saturated carbocycles. The second-order valence-corrected chi connectivity index (χ2v) is 6.77. The van der Waals surface area contributed by atoms with Crippen molar-refractivity contribution in [3.05, 3.63) is 71.0 Å². The molecule has 128 valence electrons. The van der Waals surface area contributed by atoms with E-state index in [4.69, 9.17) is 16.6 Å². The van der Waals surface area contributed by atoms with E-state index in [2.05, 4.69) is 33.0 Å². The molecule has 0 unspecified atom stereocenters. The quantitative estimate of drug-likeness (QED) is 0.822. The van der Waals surface area contributed by atoms with E-state index >= 15 is 0 Å². The molecule has 0 spiro atoms. The highest BCUT2D eigenvalue weighted by Gasteiger charge is 2.28. The molecular formula is C20H21ClN4. The first kappa shape index (κ1) is 16.2. The number of fused-ring (bicyclic) bond motifs is 1. The highest BCUT2D eigenvalue weighted by Crippen LogP contribution is 2.24. The van der Waals surface area contributed by atoms with Crippen molar-refractivity contribution < 1.29 is 0 Å². The minimum atomic E-state index is 0.864. The average molecular weight is 353 g/mol. The van der Waals surface area contributed by atoms with Crippen molar-refractivity contribution >= 4 is 23.3 Å². The lowest BCUT2D eigenvalue weighted by atomic mass is 10.1. The van der Waals surface area contributed by atoms with Crippen molar-refractivity contribution in [3.63, 3.8) is 0 Å². The molecule has 5 heteroatoms. The Bertz CT molecular complexity index is 800. The van der Waals surface area contributed by atoms with Gasteiger partial charge in [0.2, 0.25) is 5.96 Å². The maximum Gasteiger partial charge on any atom is 0.202 e. The molecule has 1 aromatic carbocycles. The van der Waals surface area contributed by atoms with Crippen molar-refractivity contribution in [3.8, 4) is 0 Å². The topological polar surface area (TPSA) is 31.7 Å². The molecule has 0 radical (unpaired) electrons. The molecule has 1 aromatic heterocycles. The van der Waals surface area contributed by atoms with E-state index in [1.165, 1.54) is 5.56 Å². The summed E-state index contributed by atoms with van der Waals surface area (Å²) in [6.07, 6.45) is 7.91. The standard InChI is InChI=1S/C20H21ClN4/c21-18-6-2-1-4-16(18)5-3-12-24-14-15-25-13-9-19(23-20(24)25)17-7-10-22-11-8-17/h1-2,4,6-11H,3,5,12-15H2. The summed E-state index contributed by atoms with van der Waals surface area (Å²) in [5, 5.41) is 0.864. The Morgan fingerprint density at radius 3 is 2.72 bits per heavy atom. The van der Waals surface area contributed by atoms with Crippen LogP contribution in [0.4, 0.5) is 0 Å². The molecule has 4 nitrogen and oxygen atoms in total. The van der Waals surface area contributed by atoms with Gasteiger partial charge in [0.05, 0.1) is 5.70 Å². The second-order valence-electron chi connectivity index (χ2n) is 6.37.